The molecule has 29 heavy (non-hydrogen) atoms. The molecular formula is C22H16ClN5O. The van der Waals surface area contributed by atoms with Gasteiger partial charge in [0, 0.05) is 29.2 Å². The zero-order valence-electron chi connectivity index (χ0n) is 15.6. The van der Waals surface area contributed by atoms with Crippen LogP contribution in [0.2, 0.25) is 5.02 Å². The lowest BCUT2D eigenvalue weighted by Gasteiger charge is -2.08. The Morgan fingerprint density at radius 1 is 1.03 bits per heavy atom. The molecule has 1 aromatic carbocycles. The van der Waals surface area contributed by atoms with Crippen molar-refractivity contribution in [2.45, 2.75) is 13.5 Å². The zero-order chi connectivity index (χ0) is 20.0. The average Bonchev–Trinajstić information content (AvgIpc) is 3.08. The third-order valence-corrected chi connectivity index (χ3v) is 5.20. The maximum absolute atomic E-state index is 13.0. The standard InChI is InChI=1S/C22H16ClN5O/c1-14-20(15-5-7-16(23)8-6-15)21-25-12-18-19(28(21)26-14)9-11-27(22(18)29)13-17-4-2-3-10-24-17/h2-12H,13H2,1H3. The fraction of sp³-hybridized carbons (Fsp3) is 0.0909. The van der Waals surface area contributed by atoms with Crippen LogP contribution in [0.3, 0.4) is 0 Å². The fourth-order valence-corrected chi connectivity index (χ4v) is 3.69. The van der Waals surface area contributed by atoms with Crippen molar-refractivity contribution in [2.24, 2.45) is 0 Å². The van der Waals surface area contributed by atoms with Crippen molar-refractivity contribution in [2.75, 3.05) is 0 Å². The van der Waals surface area contributed by atoms with Crippen LogP contribution < -0.4 is 5.56 Å². The smallest absolute Gasteiger partial charge is 0.261 e. The number of aryl methyl sites for hydroxylation is 1. The molecule has 5 aromatic rings. The molecule has 7 heteroatoms. The molecule has 6 nitrogen and oxygen atoms in total. The molecule has 0 saturated heterocycles. The number of halogens is 1. The number of nitrogens with zero attached hydrogens (tertiary/aromatic N) is 5. The van der Waals surface area contributed by atoms with E-state index in [0.717, 1.165) is 28.0 Å². The highest BCUT2D eigenvalue weighted by Gasteiger charge is 2.16. The van der Waals surface area contributed by atoms with Crippen molar-refractivity contribution in [1.82, 2.24) is 24.1 Å². The van der Waals surface area contributed by atoms with Crippen LogP contribution in [-0.2, 0) is 6.54 Å². The highest BCUT2D eigenvalue weighted by atomic mass is 35.5. The highest BCUT2D eigenvalue weighted by molar-refractivity contribution is 6.30. The van der Waals surface area contributed by atoms with E-state index in [0.29, 0.717) is 22.6 Å². The summed E-state index contributed by atoms with van der Waals surface area (Å²) in [7, 11) is 0. The first kappa shape index (κ1) is 17.6. The number of hydrogen-bond acceptors (Lipinski definition) is 4. The first-order valence-corrected chi connectivity index (χ1v) is 9.53. The van der Waals surface area contributed by atoms with Crippen LogP contribution in [0.15, 0.2) is 71.9 Å². The molecule has 0 atom stereocenters. The lowest BCUT2D eigenvalue weighted by molar-refractivity contribution is 0.745. The Kier molecular flexibility index (Phi) is 4.14. The van der Waals surface area contributed by atoms with E-state index >= 15 is 0 Å². The lowest BCUT2D eigenvalue weighted by Crippen LogP contribution is -2.21. The molecule has 0 aliphatic heterocycles. The first-order chi connectivity index (χ1) is 14.1. The van der Waals surface area contributed by atoms with Crippen molar-refractivity contribution < 1.29 is 0 Å². The second-order valence-electron chi connectivity index (χ2n) is 6.83. The van der Waals surface area contributed by atoms with Crippen molar-refractivity contribution in [3.63, 3.8) is 0 Å². The largest absolute Gasteiger partial charge is 0.309 e. The van der Waals surface area contributed by atoms with E-state index in [2.05, 4.69) is 15.1 Å². The van der Waals surface area contributed by atoms with Crippen molar-refractivity contribution in [3.05, 3.63) is 93.9 Å². The normalized spacial score (nSPS) is 11.4. The summed E-state index contributed by atoms with van der Waals surface area (Å²) in [4.78, 5) is 21.9. The van der Waals surface area contributed by atoms with Crippen LogP contribution in [0, 0.1) is 6.92 Å². The third-order valence-electron chi connectivity index (χ3n) is 4.95. The quantitative estimate of drug-likeness (QED) is 0.456. The van der Waals surface area contributed by atoms with Crippen molar-refractivity contribution in [1.29, 1.82) is 0 Å². The van der Waals surface area contributed by atoms with Crippen LogP contribution in [-0.4, -0.2) is 24.1 Å². The summed E-state index contributed by atoms with van der Waals surface area (Å²) in [5, 5.41) is 5.85. The molecule has 0 unspecified atom stereocenters. The molecule has 0 saturated carbocycles. The maximum Gasteiger partial charge on any atom is 0.261 e. The zero-order valence-corrected chi connectivity index (χ0v) is 16.3. The number of pyridine rings is 2. The van der Waals surface area contributed by atoms with Gasteiger partial charge >= 0.3 is 0 Å². The number of hydrogen-bond donors (Lipinski definition) is 0. The molecule has 0 radical (unpaired) electrons. The molecule has 5 rings (SSSR count). The summed E-state index contributed by atoms with van der Waals surface area (Å²) >= 11 is 6.02. The minimum Gasteiger partial charge on any atom is -0.309 e. The Bertz CT molecular complexity index is 1410. The van der Waals surface area contributed by atoms with Gasteiger partial charge in [-0.05, 0) is 42.8 Å². The summed E-state index contributed by atoms with van der Waals surface area (Å²) in [5.41, 5.74) is 4.88. The Labute approximate surface area is 171 Å². The van der Waals surface area contributed by atoms with Crippen LogP contribution in [0.5, 0.6) is 0 Å². The maximum atomic E-state index is 13.0. The van der Waals surface area contributed by atoms with Gasteiger partial charge in [0.1, 0.15) is 0 Å². The number of rotatable bonds is 3. The summed E-state index contributed by atoms with van der Waals surface area (Å²) in [6, 6.07) is 15.1. The van der Waals surface area contributed by atoms with Crippen molar-refractivity contribution in [3.8, 4) is 11.1 Å². The molecule has 142 valence electrons. The molecule has 0 aliphatic carbocycles. The Balaban J connectivity index is 1.68. The third kappa shape index (κ3) is 2.98. The monoisotopic (exact) mass is 401 g/mol. The minimum atomic E-state index is -0.122. The fourth-order valence-electron chi connectivity index (χ4n) is 3.56. The minimum absolute atomic E-state index is 0.122. The van der Waals surface area contributed by atoms with E-state index in [9.17, 15) is 4.79 Å². The number of benzene rings is 1. The molecule has 0 amide bonds. The van der Waals surface area contributed by atoms with Crippen molar-refractivity contribution >= 4 is 28.2 Å². The van der Waals surface area contributed by atoms with Crippen LogP contribution in [0.1, 0.15) is 11.4 Å². The summed E-state index contributed by atoms with van der Waals surface area (Å²) in [5.74, 6) is 0. The van der Waals surface area contributed by atoms with Gasteiger partial charge in [-0.2, -0.15) is 5.10 Å². The number of fused-ring (bicyclic) bond motifs is 3. The van der Waals surface area contributed by atoms with E-state index in [1.54, 1.807) is 27.7 Å². The van der Waals surface area contributed by atoms with Gasteiger partial charge < -0.3 is 4.57 Å². The van der Waals surface area contributed by atoms with E-state index in [1.165, 1.54) is 0 Å². The van der Waals surface area contributed by atoms with Gasteiger partial charge in [0.25, 0.3) is 5.56 Å². The summed E-state index contributed by atoms with van der Waals surface area (Å²) < 4.78 is 3.37. The van der Waals surface area contributed by atoms with Gasteiger partial charge in [-0.1, -0.05) is 29.8 Å². The summed E-state index contributed by atoms with van der Waals surface area (Å²) in [6.45, 7) is 2.34. The predicted molar refractivity (Wildman–Crippen MR) is 113 cm³/mol. The SMILES string of the molecule is Cc1nn2c(ncc3c(=O)n(Cc4ccccn4)ccc32)c1-c1ccc(Cl)cc1. The van der Waals surface area contributed by atoms with Gasteiger partial charge in [-0.15, -0.1) is 0 Å². The van der Waals surface area contributed by atoms with Gasteiger partial charge in [0.2, 0.25) is 0 Å². The van der Waals surface area contributed by atoms with E-state index in [4.69, 9.17) is 11.6 Å². The van der Waals surface area contributed by atoms with Gasteiger partial charge in [0.05, 0.1) is 28.8 Å². The highest BCUT2D eigenvalue weighted by Crippen LogP contribution is 2.29. The predicted octanol–water partition coefficient (Wildman–Crippen LogP) is 4.12. The van der Waals surface area contributed by atoms with Gasteiger partial charge in [-0.25, -0.2) is 9.50 Å². The summed E-state index contributed by atoms with van der Waals surface area (Å²) in [6.07, 6.45) is 5.12. The Morgan fingerprint density at radius 3 is 2.62 bits per heavy atom. The topological polar surface area (TPSA) is 65.1 Å². The number of aromatic nitrogens is 5. The van der Waals surface area contributed by atoms with Crippen LogP contribution in [0.4, 0.5) is 0 Å². The molecule has 4 heterocycles. The molecule has 0 aliphatic rings. The second-order valence-corrected chi connectivity index (χ2v) is 7.27. The van der Waals surface area contributed by atoms with Crippen LogP contribution in [0.25, 0.3) is 27.7 Å². The van der Waals surface area contributed by atoms with Gasteiger partial charge in [0.15, 0.2) is 5.65 Å². The Morgan fingerprint density at radius 2 is 1.86 bits per heavy atom. The molecule has 4 aromatic heterocycles. The molecule has 0 bridgehead atoms. The molecule has 0 spiro atoms. The average molecular weight is 402 g/mol. The molecule has 0 N–H and O–H groups in total. The van der Waals surface area contributed by atoms with E-state index in [1.807, 2.05) is 55.5 Å². The Hall–Kier alpha value is -3.51. The lowest BCUT2D eigenvalue weighted by atomic mass is 10.1. The first-order valence-electron chi connectivity index (χ1n) is 9.15. The molecule has 0 fully saturated rings. The van der Waals surface area contributed by atoms with E-state index in [-0.39, 0.29) is 5.56 Å². The van der Waals surface area contributed by atoms with E-state index < -0.39 is 0 Å². The second kappa shape index (κ2) is 6.83. The van der Waals surface area contributed by atoms with Crippen LogP contribution >= 0.6 is 11.6 Å². The molecular weight excluding hydrogens is 386 g/mol. The van der Waals surface area contributed by atoms with Gasteiger partial charge in [-0.3, -0.25) is 9.78 Å².